The van der Waals surface area contributed by atoms with E-state index in [4.69, 9.17) is 4.74 Å². The first-order valence-corrected chi connectivity index (χ1v) is 10.1. The summed E-state index contributed by atoms with van der Waals surface area (Å²) in [5, 5.41) is 20.9. The Morgan fingerprint density at radius 1 is 1.26 bits per heavy atom. The number of carbonyl (C=O) groups is 1. The van der Waals surface area contributed by atoms with Crippen LogP contribution < -0.4 is 5.32 Å². The third-order valence-corrected chi connectivity index (χ3v) is 5.27. The van der Waals surface area contributed by atoms with E-state index in [1.165, 1.54) is 30.7 Å². The molecule has 31 heavy (non-hydrogen) atoms. The van der Waals surface area contributed by atoms with Crippen molar-refractivity contribution in [1.82, 2.24) is 30.3 Å². The number of aliphatic hydroxyl groups excluding tert-OH is 1. The minimum atomic E-state index is -0.495. The fraction of sp³-hybridized carbons (Fsp3) is 0.381. The number of ether oxygens (including phenoxy) is 1. The summed E-state index contributed by atoms with van der Waals surface area (Å²) in [5.74, 6) is -0.634. The lowest BCUT2D eigenvalue weighted by atomic mass is 9.97. The highest BCUT2D eigenvalue weighted by Crippen LogP contribution is 2.23. The SMILES string of the molecule is O=C(N[C@H]1CC[C@H](CCn2cc(-c3ccc(F)cc3)nn2)O[C@@H]1CO)c1cnccn1. The lowest BCUT2D eigenvalue weighted by Gasteiger charge is -2.36. The Bertz CT molecular complexity index is 998. The molecule has 1 aliphatic rings. The molecule has 10 heteroatoms. The van der Waals surface area contributed by atoms with Crippen LogP contribution in [0.1, 0.15) is 29.8 Å². The second kappa shape index (κ2) is 9.71. The molecule has 0 bridgehead atoms. The Morgan fingerprint density at radius 3 is 2.84 bits per heavy atom. The molecule has 0 unspecified atom stereocenters. The predicted octanol–water partition coefficient (Wildman–Crippen LogP) is 1.60. The van der Waals surface area contributed by atoms with E-state index in [1.54, 1.807) is 16.8 Å². The Morgan fingerprint density at radius 2 is 2.10 bits per heavy atom. The molecule has 1 fully saturated rings. The summed E-state index contributed by atoms with van der Waals surface area (Å²) in [6.45, 7) is 0.396. The van der Waals surface area contributed by atoms with Crippen molar-refractivity contribution >= 4 is 5.91 Å². The van der Waals surface area contributed by atoms with Crippen LogP contribution in [0.2, 0.25) is 0 Å². The van der Waals surface area contributed by atoms with Crippen LogP contribution in [0.25, 0.3) is 11.3 Å². The number of nitrogens with one attached hydrogen (secondary N) is 1. The third-order valence-electron chi connectivity index (χ3n) is 5.27. The number of aromatic nitrogens is 5. The molecule has 1 aliphatic heterocycles. The molecule has 3 heterocycles. The molecule has 3 atom stereocenters. The van der Waals surface area contributed by atoms with Gasteiger partial charge in [0.1, 0.15) is 23.3 Å². The lowest BCUT2D eigenvalue weighted by Crippen LogP contribution is -2.51. The van der Waals surface area contributed by atoms with Crippen LogP contribution in [-0.2, 0) is 11.3 Å². The molecule has 0 aliphatic carbocycles. The molecule has 2 aromatic heterocycles. The van der Waals surface area contributed by atoms with Gasteiger partial charge in [-0.3, -0.25) is 14.5 Å². The highest BCUT2D eigenvalue weighted by Gasteiger charge is 2.32. The zero-order valence-electron chi connectivity index (χ0n) is 16.8. The second-order valence-electron chi connectivity index (χ2n) is 7.39. The van der Waals surface area contributed by atoms with E-state index in [0.29, 0.717) is 25.1 Å². The molecule has 9 nitrogen and oxygen atoms in total. The second-order valence-corrected chi connectivity index (χ2v) is 7.39. The van der Waals surface area contributed by atoms with Crippen molar-refractivity contribution in [2.75, 3.05) is 6.61 Å². The maximum Gasteiger partial charge on any atom is 0.271 e. The summed E-state index contributed by atoms with van der Waals surface area (Å²) < 4.78 is 20.8. The van der Waals surface area contributed by atoms with E-state index in [0.717, 1.165) is 12.0 Å². The third kappa shape index (κ3) is 5.28. The summed E-state index contributed by atoms with van der Waals surface area (Å²) in [5.41, 5.74) is 1.69. The normalized spacial score (nSPS) is 21.0. The number of hydrogen-bond acceptors (Lipinski definition) is 7. The van der Waals surface area contributed by atoms with Crippen molar-refractivity contribution < 1.29 is 19.0 Å². The Kier molecular flexibility index (Phi) is 6.58. The molecule has 3 aromatic rings. The van der Waals surface area contributed by atoms with Gasteiger partial charge in [-0.2, -0.15) is 0 Å². The van der Waals surface area contributed by atoms with Crippen LogP contribution in [0.5, 0.6) is 0 Å². The number of amides is 1. The molecular weight excluding hydrogens is 403 g/mol. The fourth-order valence-electron chi connectivity index (χ4n) is 3.60. The molecule has 0 saturated carbocycles. The predicted molar refractivity (Wildman–Crippen MR) is 108 cm³/mol. The molecule has 1 amide bonds. The number of nitrogens with zero attached hydrogens (tertiary/aromatic N) is 5. The van der Waals surface area contributed by atoms with E-state index in [9.17, 15) is 14.3 Å². The smallest absolute Gasteiger partial charge is 0.271 e. The lowest BCUT2D eigenvalue weighted by molar-refractivity contribution is -0.0912. The van der Waals surface area contributed by atoms with Gasteiger partial charge in [-0.1, -0.05) is 5.21 Å². The minimum absolute atomic E-state index is 0.0692. The zero-order valence-corrected chi connectivity index (χ0v) is 16.8. The molecule has 2 N–H and O–H groups in total. The topological polar surface area (TPSA) is 115 Å². The van der Waals surface area contributed by atoms with E-state index < -0.39 is 6.10 Å². The first-order chi connectivity index (χ1) is 15.1. The van der Waals surface area contributed by atoms with Crippen molar-refractivity contribution in [2.24, 2.45) is 0 Å². The average molecular weight is 426 g/mol. The van der Waals surface area contributed by atoms with Gasteiger partial charge in [0.2, 0.25) is 0 Å². The Hall–Kier alpha value is -3.24. The van der Waals surface area contributed by atoms with Crippen LogP contribution >= 0.6 is 0 Å². The van der Waals surface area contributed by atoms with Gasteiger partial charge in [0.05, 0.1) is 31.1 Å². The van der Waals surface area contributed by atoms with Crippen LogP contribution in [0.4, 0.5) is 4.39 Å². The number of benzene rings is 1. The van der Waals surface area contributed by atoms with Gasteiger partial charge in [-0.25, -0.2) is 9.37 Å². The van der Waals surface area contributed by atoms with Gasteiger partial charge < -0.3 is 15.2 Å². The summed E-state index contributed by atoms with van der Waals surface area (Å²) in [7, 11) is 0. The molecule has 4 rings (SSSR count). The van der Waals surface area contributed by atoms with Gasteiger partial charge in [-0.15, -0.1) is 5.10 Å². The van der Waals surface area contributed by atoms with Crippen molar-refractivity contribution in [3.8, 4) is 11.3 Å². The molecule has 162 valence electrons. The number of aryl methyl sites for hydroxylation is 1. The molecule has 1 saturated heterocycles. The molecular formula is C21H23FN6O3. The van der Waals surface area contributed by atoms with Crippen LogP contribution in [0.3, 0.4) is 0 Å². The standard InChI is InChI=1S/C21H23FN6O3/c22-15-3-1-14(2-4-15)19-12-28(27-26-19)10-7-16-5-6-17(20(13-29)31-16)25-21(30)18-11-23-8-9-24-18/h1-4,8-9,11-12,16-17,20,29H,5-7,10,13H2,(H,25,30)/t16-,17+,20-/m1/s1. The first kappa shape index (κ1) is 21.0. The van der Waals surface area contributed by atoms with E-state index >= 15 is 0 Å². The van der Waals surface area contributed by atoms with Crippen molar-refractivity contribution in [2.45, 2.75) is 44.1 Å². The average Bonchev–Trinajstić information content (AvgIpc) is 3.28. The molecule has 0 spiro atoms. The summed E-state index contributed by atoms with van der Waals surface area (Å²) in [6, 6.07) is 5.80. The number of rotatable bonds is 7. The number of halogens is 1. The van der Waals surface area contributed by atoms with Crippen molar-refractivity contribution in [3.63, 3.8) is 0 Å². The van der Waals surface area contributed by atoms with Gasteiger partial charge in [-0.05, 0) is 43.5 Å². The maximum atomic E-state index is 13.1. The Balaban J connectivity index is 1.29. The first-order valence-electron chi connectivity index (χ1n) is 10.1. The highest BCUT2D eigenvalue weighted by molar-refractivity contribution is 5.92. The van der Waals surface area contributed by atoms with Gasteiger partial charge in [0.25, 0.3) is 5.91 Å². The zero-order chi connectivity index (χ0) is 21.6. The minimum Gasteiger partial charge on any atom is -0.394 e. The van der Waals surface area contributed by atoms with Gasteiger partial charge >= 0.3 is 0 Å². The number of carbonyl (C=O) groups excluding carboxylic acids is 1. The van der Waals surface area contributed by atoms with Crippen molar-refractivity contribution in [1.29, 1.82) is 0 Å². The van der Waals surface area contributed by atoms with Crippen LogP contribution in [-0.4, -0.2) is 60.8 Å². The summed E-state index contributed by atoms with van der Waals surface area (Å²) in [6.07, 6.45) is 7.70. The van der Waals surface area contributed by atoms with Crippen molar-refractivity contribution in [3.05, 3.63) is 60.6 Å². The van der Waals surface area contributed by atoms with E-state index in [1.807, 2.05) is 6.20 Å². The van der Waals surface area contributed by atoms with Gasteiger partial charge in [0, 0.05) is 24.5 Å². The summed E-state index contributed by atoms with van der Waals surface area (Å²) in [4.78, 5) is 20.2. The summed E-state index contributed by atoms with van der Waals surface area (Å²) >= 11 is 0. The van der Waals surface area contributed by atoms with E-state index in [-0.39, 0.29) is 36.2 Å². The monoisotopic (exact) mass is 426 g/mol. The number of aliphatic hydroxyl groups is 1. The van der Waals surface area contributed by atoms with Crippen LogP contribution in [0.15, 0.2) is 49.1 Å². The van der Waals surface area contributed by atoms with Crippen LogP contribution in [0, 0.1) is 5.82 Å². The highest BCUT2D eigenvalue weighted by atomic mass is 19.1. The Labute approximate surface area is 178 Å². The maximum absolute atomic E-state index is 13.1. The quantitative estimate of drug-likeness (QED) is 0.590. The van der Waals surface area contributed by atoms with Gasteiger partial charge in [0.15, 0.2) is 0 Å². The number of hydrogen-bond donors (Lipinski definition) is 2. The fourth-order valence-corrected chi connectivity index (χ4v) is 3.60. The largest absolute Gasteiger partial charge is 0.394 e. The molecule has 0 radical (unpaired) electrons. The molecule has 1 aromatic carbocycles. The van der Waals surface area contributed by atoms with E-state index in [2.05, 4.69) is 25.6 Å².